The highest BCUT2D eigenvalue weighted by atomic mass is 16.5. The first-order chi connectivity index (χ1) is 18.0. The second-order valence-corrected chi connectivity index (χ2v) is 10.0. The standard InChI is InChI=1S/C31H41NO5/c1-23(2)30(33)36-19-13-11-9-7-5-4-6-8-10-12-18-35-28-15-14-25(20-24(28)3)27-21-26-16-17-32-22-29(26)37-31(27)34/h14-17,20-23H,4-13,18-19H2,1-3H3. The van der Waals surface area contributed by atoms with E-state index in [9.17, 15) is 9.59 Å². The molecule has 6 heteroatoms. The van der Waals surface area contributed by atoms with Crippen LogP contribution in [0.1, 0.15) is 83.6 Å². The van der Waals surface area contributed by atoms with Crippen molar-refractivity contribution < 1.29 is 18.7 Å². The van der Waals surface area contributed by atoms with Gasteiger partial charge < -0.3 is 13.9 Å². The SMILES string of the molecule is Cc1cc(-c2cc3ccncc3oc2=O)ccc1OCCCCCCCCCCCCOC(=O)C(C)C. The monoisotopic (exact) mass is 507 g/mol. The van der Waals surface area contributed by atoms with E-state index in [4.69, 9.17) is 13.9 Å². The van der Waals surface area contributed by atoms with Crippen molar-refractivity contribution in [3.8, 4) is 16.9 Å². The first-order valence-electron chi connectivity index (χ1n) is 13.7. The van der Waals surface area contributed by atoms with Crippen LogP contribution in [0.15, 0.2) is 51.9 Å². The number of aryl methyl sites for hydroxylation is 1. The van der Waals surface area contributed by atoms with Crippen molar-refractivity contribution >= 4 is 16.9 Å². The van der Waals surface area contributed by atoms with Gasteiger partial charge in [-0.25, -0.2) is 4.79 Å². The van der Waals surface area contributed by atoms with Gasteiger partial charge in [0.15, 0.2) is 5.58 Å². The summed E-state index contributed by atoms with van der Waals surface area (Å²) in [6.45, 7) is 6.99. The van der Waals surface area contributed by atoms with Crippen LogP contribution in [0.3, 0.4) is 0 Å². The molecule has 3 aromatic rings. The summed E-state index contributed by atoms with van der Waals surface area (Å²) >= 11 is 0. The quantitative estimate of drug-likeness (QED) is 0.146. The van der Waals surface area contributed by atoms with Crippen molar-refractivity contribution in [2.75, 3.05) is 13.2 Å². The molecule has 200 valence electrons. The summed E-state index contributed by atoms with van der Waals surface area (Å²) in [5.74, 6) is 0.731. The minimum atomic E-state index is -0.363. The van der Waals surface area contributed by atoms with Gasteiger partial charge in [0, 0.05) is 11.6 Å². The maximum absolute atomic E-state index is 12.4. The lowest BCUT2D eigenvalue weighted by molar-refractivity contribution is -0.147. The van der Waals surface area contributed by atoms with E-state index in [1.807, 2.05) is 51.1 Å². The molecule has 0 N–H and O–H groups in total. The highest BCUT2D eigenvalue weighted by Crippen LogP contribution is 2.26. The van der Waals surface area contributed by atoms with Gasteiger partial charge in [-0.2, -0.15) is 0 Å². The van der Waals surface area contributed by atoms with Crippen molar-refractivity contribution in [3.05, 3.63) is 58.7 Å². The van der Waals surface area contributed by atoms with Gasteiger partial charge in [-0.05, 0) is 55.2 Å². The van der Waals surface area contributed by atoms with Gasteiger partial charge in [-0.1, -0.05) is 71.3 Å². The van der Waals surface area contributed by atoms with Crippen molar-refractivity contribution in [3.63, 3.8) is 0 Å². The predicted octanol–water partition coefficient (Wildman–Crippen LogP) is 7.64. The number of esters is 1. The van der Waals surface area contributed by atoms with E-state index in [1.54, 1.807) is 12.4 Å². The molecule has 0 fully saturated rings. The Morgan fingerprint density at radius 3 is 2.19 bits per heavy atom. The Morgan fingerprint density at radius 2 is 1.54 bits per heavy atom. The lowest BCUT2D eigenvalue weighted by atomic mass is 10.0. The summed E-state index contributed by atoms with van der Waals surface area (Å²) < 4.78 is 16.6. The number of hydrogen-bond donors (Lipinski definition) is 0. The molecule has 0 aliphatic heterocycles. The van der Waals surface area contributed by atoms with Gasteiger partial charge in [0.05, 0.1) is 30.9 Å². The number of carbonyl (C=O) groups is 1. The fraction of sp³-hybridized carbons (Fsp3) is 0.516. The summed E-state index contributed by atoms with van der Waals surface area (Å²) in [7, 11) is 0. The summed E-state index contributed by atoms with van der Waals surface area (Å²) in [5.41, 5.74) is 2.50. The molecule has 3 rings (SSSR count). The van der Waals surface area contributed by atoms with Crippen LogP contribution in [0.5, 0.6) is 5.75 Å². The molecule has 0 atom stereocenters. The molecule has 6 nitrogen and oxygen atoms in total. The van der Waals surface area contributed by atoms with E-state index in [0.717, 1.165) is 41.5 Å². The molecule has 37 heavy (non-hydrogen) atoms. The molecule has 2 heterocycles. The van der Waals surface area contributed by atoms with E-state index in [2.05, 4.69) is 4.98 Å². The molecule has 2 aromatic heterocycles. The molecule has 0 spiro atoms. The molecule has 0 aliphatic rings. The third kappa shape index (κ3) is 9.34. The molecule has 0 saturated heterocycles. The highest BCUT2D eigenvalue weighted by molar-refractivity contribution is 5.81. The van der Waals surface area contributed by atoms with Crippen LogP contribution in [-0.2, 0) is 9.53 Å². The molecule has 1 aromatic carbocycles. The Morgan fingerprint density at radius 1 is 0.892 bits per heavy atom. The number of ether oxygens (including phenoxy) is 2. The average molecular weight is 508 g/mol. The normalized spacial score (nSPS) is 11.2. The summed E-state index contributed by atoms with van der Waals surface area (Å²) in [5, 5.41) is 0.851. The fourth-order valence-corrected chi connectivity index (χ4v) is 4.28. The number of fused-ring (bicyclic) bond motifs is 1. The van der Waals surface area contributed by atoms with Crippen LogP contribution in [0.2, 0.25) is 0 Å². The second-order valence-electron chi connectivity index (χ2n) is 10.0. The number of pyridine rings is 1. The van der Waals surface area contributed by atoms with E-state index in [0.29, 0.717) is 24.4 Å². The molecular formula is C31H41NO5. The summed E-state index contributed by atoms with van der Waals surface area (Å²) in [6, 6.07) is 9.52. The predicted molar refractivity (Wildman–Crippen MR) is 148 cm³/mol. The zero-order chi connectivity index (χ0) is 26.5. The Kier molecular flexibility index (Phi) is 11.7. The molecule has 0 bridgehead atoms. The van der Waals surface area contributed by atoms with E-state index < -0.39 is 0 Å². The van der Waals surface area contributed by atoms with Crippen LogP contribution in [0, 0.1) is 12.8 Å². The van der Waals surface area contributed by atoms with Crippen molar-refractivity contribution in [1.29, 1.82) is 0 Å². The third-order valence-corrected chi connectivity index (χ3v) is 6.54. The van der Waals surface area contributed by atoms with E-state index in [-0.39, 0.29) is 17.5 Å². The van der Waals surface area contributed by atoms with Crippen molar-refractivity contribution in [2.45, 2.75) is 85.0 Å². The zero-order valence-corrected chi connectivity index (χ0v) is 22.6. The lowest BCUT2D eigenvalue weighted by Crippen LogP contribution is -2.12. The molecule has 0 radical (unpaired) electrons. The van der Waals surface area contributed by atoms with Gasteiger partial charge in [-0.15, -0.1) is 0 Å². The third-order valence-electron chi connectivity index (χ3n) is 6.54. The largest absolute Gasteiger partial charge is 0.493 e. The number of hydrogen-bond acceptors (Lipinski definition) is 6. The minimum absolute atomic E-state index is 0.0339. The number of carbonyl (C=O) groups excluding carboxylic acids is 1. The van der Waals surface area contributed by atoms with Crippen molar-refractivity contribution in [2.24, 2.45) is 5.92 Å². The first kappa shape index (κ1) is 28.4. The smallest absolute Gasteiger partial charge is 0.344 e. The fourth-order valence-electron chi connectivity index (χ4n) is 4.28. The Hall–Kier alpha value is -3.15. The van der Waals surface area contributed by atoms with E-state index >= 15 is 0 Å². The maximum Gasteiger partial charge on any atom is 0.344 e. The Bertz CT molecular complexity index is 1180. The number of aromatic nitrogens is 1. The van der Waals surface area contributed by atoms with Crippen molar-refractivity contribution in [1.82, 2.24) is 4.98 Å². The van der Waals surface area contributed by atoms with Gasteiger partial charge in [0.2, 0.25) is 0 Å². The van der Waals surface area contributed by atoms with Gasteiger partial charge in [0.1, 0.15) is 5.75 Å². The first-order valence-corrected chi connectivity index (χ1v) is 13.7. The van der Waals surface area contributed by atoms with Crippen LogP contribution in [-0.4, -0.2) is 24.2 Å². The highest BCUT2D eigenvalue weighted by Gasteiger charge is 2.10. The van der Waals surface area contributed by atoms with Gasteiger partial charge >= 0.3 is 11.6 Å². The van der Waals surface area contributed by atoms with Crippen LogP contribution in [0.4, 0.5) is 0 Å². The average Bonchev–Trinajstić information content (AvgIpc) is 2.89. The Balaban J connectivity index is 1.26. The topological polar surface area (TPSA) is 78.6 Å². The van der Waals surface area contributed by atoms with Gasteiger partial charge in [0.25, 0.3) is 0 Å². The van der Waals surface area contributed by atoms with Crippen LogP contribution < -0.4 is 10.4 Å². The summed E-state index contributed by atoms with van der Waals surface area (Å²) in [6.07, 6.45) is 15.1. The maximum atomic E-state index is 12.4. The molecule has 0 unspecified atom stereocenters. The molecule has 0 saturated carbocycles. The van der Waals surface area contributed by atoms with Gasteiger partial charge in [-0.3, -0.25) is 9.78 Å². The van der Waals surface area contributed by atoms with Crippen LogP contribution in [0.25, 0.3) is 22.1 Å². The number of rotatable bonds is 16. The minimum Gasteiger partial charge on any atom is -0.493 e. The molecular weight excluding hydrogens is 466 g/mol. The molecule has 0 aliphatic carbocycles. The number of benzene rings is 1. The molecule has 0 amide bonds. The Labute approximate surface area is 220 Å². The second kappa shape index (κ2) is 15.2. The number of nitrogens with zero attached hydrogens (tertiary/aromatic N) is 1. The lowest BCUT2D eigenvalue weighted by Gasteiger charge is -2.11. The van der Waals surface area contributed by atoms with Crippen LogP contribution >= 0.6 is 0 Å². The zero-order valence-electron chi connectivity index (χ0n) is 22.6. The van der Waals surface area contributed by atoms with E-state index in [1.165, 1.54) is 44.9 Å². The summed E-state index contributed by atoms with van der Waals surface area (Å²) in [4.78, 5) is 27.8. The number of unbranched alkanes of at least 4 members (excludes halogenated alkanes) is 9.